The lowest BCUT2D eigenvalue weighted by atomic mass is 9.85. The lowest BCUT2D eigenvalue weighted by Crippen LogP contribution is -2.46. The van der Waals surface area contributed by atoms with Crippen LogP contribution in [0.3, 0.4) is 0 Å². The Morgan fingerprint density at radius 1 is 1.21 bits per heavy atom. The molecule has 0 radical (unpaired) electrons. The molecule has 1 atom stereocenters. The van der Waals surface area contributed by atoms with E-state index in [1.165, 1.54) is 0 Å². The molecule has 0 aromatic carbocycles. The third kappa shape index (κ3) is 10.0. The summed E-state index contributed by atoms with van der Waals surface area (Å²) in [6, 6.07) is -0.337. The molecule has 1 amide bonds. The Morgan fingerprint density at radius 3 is 2.00 bits per heavy atom. The van der Waals surface area contributed by atoms with Gasteiger partial charge in [-0.25, -0.2) is 13.2 Å². The van der Waals surface area contributed by atoms with Crippen molar-refractivity contribution in [2.75, 3.05) is 5.75 Å². The Bertz CT molecular complexity index is 406. The van der Waals surface area contributed by atoms with Crippen LogP contribution in [-0.4, -0.2) is 31.9 Å². The van der Waals surface area contributed by atoms with E-state index in [1.54, 1.807) is 20.8 Å². The van der Waals surface area contributed by atoms with E-state index < -0.39 is 20.7 Å². The van der Waals surface area contributed by atoms with Gasteiger partial charge in [0.25, 0.3) is 0 Å². The molecule has 19 heavy (non-hydrogen) atoms. The van der Waals surface area contributed by atoms with E-state index in [9.17, 15) is 13.2 Å². The lowest BCUT2D eigenvalue weighted by Gasteiger charge is -2.32. The fourth-order valence-electron chi connectivity index (χ4n) is 1.43. The Balaban J connectivity index is 4.67. The number of amides is 1. The van der Waals surface area contributed by atoms with Crippen LogP contribution in [0.5, 0.6) is 0 Å². The van der Waals surface area contributed by atoms with E-state index in [-0.39, 0.29) is 23.6 Å². The largest absolute Gasteiger partial charge is 0.444 e. The van der Waals surface area contributed by atoms with E-state index in [1.807, 2.05) is 20.8 Å². The van der Waals surface area contributed by atoms with Crippen LogP contribution in [0.1, 0.15) is 48.0 Å². The molecule has 0 aliphatic rings. The molecule has 114 valence electrons. The van der Waals surface area contributed by atoms with Crippen LogP contribution in [0.25, 0.3) is 0 Å². The van der Waals surface area contributed by atoms with Gasteiger partial charge < -0.3 is 10.1 Å². The van der Waals surface area contributed by atoms with E-state index in [2.05, 4.69) is 5.32 Å². The molecule has 0 spiro atoms. The Morgan fingerprint density at radius 2 is 1.68 bits per heavy atom. The number of carbonyl (C=O) groups excluding carboxylic acids is 1. The predicted octanol–water partition coefficient (Wildman–Crippen LogP) is 2.88. The standard InChI is InChI=1S/C12H24ClNO4S/c1-11(2,3)9(7-8-19(13,16)17)14-10(15)18-12(4,5)6/h9H,7-8H2,1-6H3,(H,14,15). The van der Waals surface area contributed by atoms with Gasteiger partial charge in [0.05, 0.1) is 5.75 Å². The van der Waals surface area contributed by atoms with Gasteiger partial charge in [0.1, 0.15) is 5.60 Å². The molecule has 0 saturated carbocycles. The molecule has 1 unspecified atom stereocenters. The van der Waals surface area contributed by atoms with E-state index in [4.69, 9.17) is 15.4 Å². The second-order valence-corrected chi connectivity index (χ2v) is 9.49. The monoisotopic (exact) mass is 313 g/mol. The first-order valence-electron chi connectivity index (χ1n) is 6.12. The maximum atomic E-state index is 11.7. The lowest BCUT2D eigenvalue weighted by molar-refractivity contribution is 0.0462. The third-order valence-corrected chi connectivity index (χ3v) is 3.57. The summed E-state index contributed by atoms with van der Waals surface area (Å²) in [6.07, 6.45) is -0.311. The molecule has 0 aromatic rings. The van der Waals surface area contributed by atoms with Crippen LogP contribution < -0.4 is 5.32 Å². The van der Waals surface area contributed by atoms with E-state index in [0.29, 0.717) is 0 Å². The number of alkyl carbamates (subject to hydrolysis) is 1. The zero-order valence-electron chi connectivity index (χ0n) is 12.4. The summed E-state index contributed by atoms with van der Waals surface area (Å²) in [5, 5.41) is 2.70. The summed E-state index contributed by atoms with van der Waals surface area (Å²) in [5.74, 6) is -0.188. The molecule has 0 aliphatic carbocycles. The van der Waals surface area contributed by atoms with Crippen LogP contribution in [0, 0.1) is 5.41 Å². The Labute approximate surface area is 120 Å². The molecular weight excluding hydrogens is 290 g/mol. The summed E-state index contributed by atoms with van der Waals surface area (Å²) in [4.78, 5) is 11.7. The molecule has 0 fully saturated rings. The van der Waals surface area contributed by atoms with Gasteiger partial charge in [-0.1, -0.05) is 20.8 Å². The highest BCUT2D eigenvalue weighted by Crippen LogP contribution is 2.23. The fraction of sp³-hybridized carbons (Fsp3) is 0.917. The molecule has 1 N–H and O–H groups in total. The quantitative estimate of drug-likeness (QED) is 0.810. The molecule has 0 saturated heterocycles. The number of halogens is 1. The highest BCUT2D eigenvalue weighted by atomic mass is 35.7. The highest BCUT2D eigenvalue weighted by molar-refractivity contribution is 8.13. The van der Waals surface area contributed by atoms with Crippen molar-refractivity contribution >= 4 is 25.8 Å². The number of ether oxygens (including phenoxy) is 1. The van der Waals surface area contributed by atoms with Crippen LogP contribution in [0.2, 0.25) is 0 Å². The average Bonchev–Trinajstić information content (AvgIpc) is 2.05. The number of nitrogens with one attached hydrogen (secondary N) is 1. The van der Waals surface area contributed by atoms with Gasteiger partial charge in [-0.05, 0) is 32.6 Å². The normalized spacial score (nSPS) is 14.9. The maximum Gasteiger partial charge on any atom is 0.407 e. The molecule has 5 nitrogen and oxygen atoms in total. The van der Waals surface area contributed by atoms with Crippen LogP contribution in [-0.2, 0) is 13.8 Å². The minimum atomic E-state index is -3.57. The van der Waals surface area contributed by atoms with Gasteiger partial charge >= 0.3 is 6.09 Å². The summed E-state index contributed by atoms with van der Waals surface area (Å²) < 4.78 is 27.2. The van der Waals surface area contributed by atoms with E-state index in [0.717, 1.165) is 0 Å². The van der Waals surface area contributed by atoms with Crippen molar-refractivity contribution in [3.63, 3.8) is 0 Å². The van der Waals surface area contributed by atoms with Crippen LogP contribution >= 0.6 is 10.7 Å². The van der Waals surface area contributed by atoms with Crippen molar-refractivity contribution in [3.05, 3.63) is 0 Å². The zero-order valence-corrected chi connectivity index (χ0v) is 14.0. The number of rotatable bonds is 4. The van der Waals surface area contributed by atoms with Crippen molar-refractivity contribution in [1.29, 1.82) is 0 Å². The number of hydrogen-bond donors (Lipinski definition) is 1. The Hall–Kier alpha value is -0.490. The molecule has 0 aliphatic heterocycles. The third-order valence-electron chi connectivity index (χ3n) is 2.39. The smallest absolute Gasteiger partial charge is 0.407 e. The zero-order chi connectivity index (χ0) is 15.5. The minimum absolute atomic E-state index is 0.188. The van der Waals surface area contributed by atoms with Gasteiger partial charge in [0.2, 0.25) is 9.05 Å². The number of carbonyl (C=O) groups is 1. The number of hydrogen-bond acceptors (Lipinski definition) is 4. The maximum absolute atomic E-state index is 11.7. The van der Waals surface area contributed by atoms with Gasteiger partial charge in [-0.15, -0.1) is 0 Å². The Kier molecular flexibility index (Phi) is 6.14. The van der Waals surface area contributed by atoms with Gasteiger partial charge in [-0.3, -0.25) is 0 Å². The fourth-order valence-corrected chi connectivity index (χ4v) is 2.21. The van der Waals surface area contributed by atoms with E-state index >= 15 is 0 Å². The summed E-state index contributed by atoms with van der Waals surface area (Å²) in [6.45, 7) is 11.0. The summed E-state index contributed by atoms with van der Waals surface area (Å²) >= 11 is 0. The van der Waals surface area contributed by atoms with Gasteiger partial charge in [0, 0.05) is 16.7 Å². The minimum Gasteiger partial charge on any atom is -0.444 e. The van der Waals surface area contributed by atoms with Crippen molar-refractivity contribution in [1.82, 2.24) is 5.32 Å². The summed E-state index contributed by atoms with van der Waals surface area (Å²) in [7, 11) is 1.63. The topological polar surface area (TPSA) is 72.5 Å². The van der Waals surface area contributed by atoms with Crippen molar-refractivity contribution in [2.45, 2.75) is 59.6 Å². The second kappa shape index (κ2) is 6.31. The van der Waals surface area contributed by atoms with Gasteiger partial charge in [0.15, 0.2) is 0 Å². The van der Waals surface area contributed by atoms with Crippen molar-refractivity contribution < 1.29 is 17.9 Å². The van der Waals surface area contributed by atoms with Crippen LogP contribution in [0.4, 0.5) is 4.79 Å². The summed E-state index contributed by atoms with van der Waals surface area (Å²) in [5.41, 5.74) is -0.885. The molecule has 0 aromatic heterocycles. The second-order valence-electron chi connectivity index (χ2n) is 6.60. The van der Waals surface area contributed by atoms with Gasteiger partial charge in [-0.2, -0.15) is 0 Å². The molecule has 0 rings (SSSR count). The van der Waals surface area contributed by atoms with Crippen LogP contribution in [0.15, 0.2) is 0 Å². The first-order valence-corrected chi connectivity index (χ1v) is 8.60. The molecule has 0 heterocycles. The predicted molar refractivity (Wildman–Crippen MR) is 76.9 cm³/mol. The first-order chi connectivity index (χ1) is 8.21. The van der Waals surface area contributed by atoms with Crippen molar-refractivity contribution in [2.24, 2.45) is 5.41 Å². The average molecular weight is 314 g/mol. The first kappa shape index (κ1) is 18.5. The molecule has 0 bridgehead atoms. The highest BCUT2D eigenvalue weighted by Gasteiger charge is 2.29. The van der Waals surface area contributed by atoms with Crippen molar-refractivity contribution in [3.8, 4) is 0 Å². The molecular formula is C12H24ClNO4S. The molecule has 7 heteroatoms. The SMILES string of the molecule is CC(C)(C)OC(=O)NC(CCS(=O)(=O)Cl)C(C)(C)C.